The molecule has 0 radical (unpaired) electrons. The van der Waals surface area contributed by atoms with Crippen LogP contribution in [0.1, 0.15) is 64.9 Å². The molecule has 0 aromatic heterocycles. The van der Waals surface area contributed by atoms with Crippen LogP contribution in [-0.4, -0.2) is 107 Å². The van der Waals surface area contributed by atoms with Gasteiger partial charge in [-0.15, -0.1) is 0 Å². The number of hydrogen-bond acceptors (Lipinski definition) is 10. The number of epoxide rings is 2. The van der Waals surface area contributed by atoms with Gasteiger partial charge in [-0.1, -0.05) is 42.0 Å². The molecule has 1 spiro atoms. The van der Waals surface area contributed by atoms with Gasteiger partial charge in [-0.05, 0) is 58.4 Å². The maximum Gasteiger partial charge on any atom is 0.306 e. The summed E-state index contributed by atoms with van der Waals surface area (Å²) in [7, 11) is 1.68. The Morgan fingerprint density at radius 1 is 1.06 bits per heavy atom. The molecule has 2 heterocycles. The van der Waals surface area contributed by atoms with E-state index in [0.717, 1.165) is 24.7 Å². The Labute approximate surface area is 279 Å². The van der Waals surface area contributed by atoms with Crippen molar-refractivity contribution in [3.8, 4) is 0 Å². The summed E-state index contributed by atoms with van der Waals surface area (Å²) in [6.45, 7) is 9.39. The predicted molar refractivity (Wildman–Crippen MR) is 176 cm³/mol. The van der Waals surface area contributed by atoms with Crippen molar-refractivity contribution in [2.24, 2.45) is 5.92 Å². The zero-order valence-corrected chi connectivity index (χ0v) is 28.5. The summed E-state index contributed by atoms with van der Waals surface area (Å²) < 4.78 is 35.3. The Morgan fingerprint density at radius 2 is 1.81 bits per heavy atom. The molecule has 1 amide bonds. The Balaban J connectivity index is 1.01. The average Bonchev–Trinajstić information content (AvgIpc) is 3.98. The number of rotatable bonds is 22. The summed E-state index contributed by atoms with van der Waals surface area (Å²) in [5.41, 5.74) is 1.72. The van der Waals surface area contributed by atoms with Crippen LogP contribution < -0.4 is 10.6 Å². The second kappa shape index (κ2) is 18.2. The van der Waals surface area contributed by atoms with Crippen LogP contribution >= 0.6 is 0 Å². The number of ether oxygens (including phenoxy) is 6. The van der Waals surface area contributed by atoms with E-state index in [9.17, 15) is 14.4 Å². The van der Waals surface area contributed by atoms with E-state index in [0.29, 0.717) is 65.4 Å². The number of esters is 1. The second-order valence-corrected chi connectivity index (χ2v) is 13.2. The average molecular weight is 659 g/mol. The number of benzene rings is 1. The molecule has 2 N–H and O–H groups in total. The summed E-state index contributed by atoms with van der Waals surface area (Å²) in [5.74, 6) is -0.356. The summed E-state index contributed by atoms with van der Waals surface area (Å²) in [6, 6.07) is 9.44. The summed E-state index contributed by atoms with van der Waals surface area (Å²) in [5, 5.41) is 5.93. The fourth-order valence-corrected chi connectivity index (χ4v) is 6.70. The standard InChI is InChI=1S/C36H54N2O9/c1-26(2)12-13-30-35(3,47-30)34-33(42-4)29(14-16-36(34)25-45-36)46-32(41)11-8-19-43-21-22-44-20-18-38-31(40)15-17-37-28(24-39)23-27-9-6-5-7-10-27/h5-7,9-10,12,24,28-30,33-34,37H,8,11,13-23,25H2,1-4H3,(H,38,40)/t28-,29?,30+,33?,34?,35+,36-/m0/s1. The second-order valence-electron chi connectivity index (χ2n) is 13.2. The van der Waals surface area contributed by atoms with Gasteiger partial charge >= 0.3 is 5.97 Å². The van der Waals surface area contributed by atoms with Crippen LogP contribution in [0.4, 0.5) is 0 Å². The van der Waals surface area contributed by atoms with Crippen molar-refractivity contribution in [1.29, 1.82) is 0 Å². The Kier molecular flexibility index (Phi) is 14.4. The minimum absolute atomic E-state index is 0.00196. The van der Waals surface area contributed by atoms with E-state index in [1.54, 1.807) is 7.11 Å². The van der Waals surface area contributed by atoms with E-state index in [1.165, 1.54) is 5.57 Å². The van der Waals surface area contributed by atoms with Crippen LogP contribution in [-0.2, 0) is 49.2 Å². The zero-order chi connectivity index (χ0) is 33.7. The first-order chi connectivity index (χ1) is 22.7. The molecule has 7 atom stereocenters. The zero-order valence-electron chi connectivity index (χ0n) is 28.5. The largest absolute Gasteiger partial charge is 0.460 e. The van der Waals surface area contributed by atoms with E-state index >= 15 is 0 Å². The summed E-state index contributed by atoms with van der Waals surface area (Å²) in [4.78, 5) is 36.1. The molecule has 1 saturated carbocycles. The molecular formula is C36H54N2O9. The van der Waals surface area contributed by atoms with E-state index < -0.39 is 0 Å². The van der Waals surface area contributed by atoms with Crippen LogP contribution in [0.25, 0.3) is 0 Å². The van der Waals surface area contributed by atoms with Gasteiger partial charge in [0.25, 0.3) is 0 Å². The molecule has 3 fully saturated rings. The highest BCUT2D eigenvalue weighted by molar-refractivity contribution is 5.76. The molecule has 262 valence electrons. The maximum atomic E-state index is 12.7. The van der Waals surface area contributed by atoms with E-state index in [4.69, 9.17) is 28.4 Å². The molecule has 11 heteroatoms. The number of carbonyl (C=O) groups is 3. The minimum atomic E-state index is -0.363. The Bertz CT molecular complexity index is 1170. The fraction of sp³-hybridized carbons (Fsp3) is 0.694. The number of carbonyl (C=O) groups excluding carboxylic acids is 3. The van der Waals surface area contributed by atoms with Crippen molar-refractivity contribution in [3.63, 3.8) is 0 Å². The van der Waals surface area contributed by atoms with Gasteiger partial charge in [0.05, 0.1) is 44.5 Å². The van der Waals surface area contributed by atoms with E-state index in [-0.39, 0.29) is 66.2 Å². The van der Waals surface area contributed by atoms with Crippen molar-refractivity contribution in [1.82, 2.24) is 10.6 Å². The van der Waals surface area contributed by atoms with Crippen LogP contribution in [0.15, 0.2) is 42.0 Å². The molecule has 0 bridgehead atoms. The molecule has 2 aliphatic heterocycles. The van der Waals surface area contributed by atoms with Crippen molar-refractivity contribution in [2.45, 2.75) is 101 Å². The van der Waals surface area contributed by atoms with Crippen LogP contribution in [0, 0.1) is 5.92 Å². The third-order valence-electron chi connectivity index (χ3n) is 9.35. The number of allylic oxidation sites excluding steroid dienone is 1. The van der Waals surface area contributed by atoms with Crippen molar-refractivity contribution in [2.75, 3.05) is 53.2 Å². The van der Waals surface area contributed by atoms with Crippen molar-refractivity contribution < 1.29 is 42.8 Å². The summed E-state index contributed by atoms with van der Waals surface area (Å²) >= 11 is 0. The molecule has 11 nitrogen and oxygen atoms in total. The van der Waals surface area contributed by atoms with Crippen LogP contribution in [0.3, 0.4) is 0 Å². The van der Waals surface area contributed by atoms with E-state index in [1.807, 2.05) is 30.3 Å². The van der Waals surface area contributed by atoms with Gasteiger partial charge in [-0.25, -0.2) is 0 Å². The molecule has 1 aromatic rings. The van der Waals surface area contributed by atoms with Crippen LogP contribution in [0.2, 0.25) is 0 Å². The number of nitrogens with one attached hydrogen (secondary N) is 2. The molecule has 1 aliphatic carbocycles. The van der Waals surface area contributed by atoms with Gasteiger partial charge in [0, 0.05) is 39.6 Å². The maximum absolute atomic E-state index is 12.7. The highest BCUT2D eigenvalue weighted by Gasteiger charge is 2.72. The minimum Gasteiger partial charge on any atom is -0.460 e. The number of aldehydes is 1. The van der Waals surface area contributed by atoms with Gasteiger partial charge < -0.3 is 43.8 Å². The lowest BCUT2D eigenvalue weighted by molar-refractivity contribution is -0.172. The molecule has 2 saturated heterocycles. The van der Waals surface area contributed by atoms with Crippen molar-refractivity contribution in [3.05, 3.63) is 47.5 Å². The lowest BCUT2D eigenvalue weighted by atomic mass is 9.68. The van der Waals surface area contributed by atoms with Crippen molar-refractivity contribution >= 4 is 18.2 Å². The molecule has 1 aromatic carbocycles. The van der Waals surface area contributed by atoms with Gasteiger partial charge in [0.1, 0.15) is 29.7 Å². The van der Waals surface area contributed by atoms with Crippen LogP contribution in [0.5, 0.6) is 0 Å². The number of hydrogen-bond donors (Lipinski definition) is 2. The molecule has 3 aliphatic rings. The first kappa shape index (κ1) is 37.2. The predicted octanol–water partition coefficient (Wildman–Crippen LogP) is 3.33. The lowest BCUT2D eigenvalue weighted by Gasteiger charge is -2.42. The monoisotopic (exact) mass is 658 g/mol. The quantitative estimate of drug-likeness (QED) is 0.0628. The Morgan fingerprint density at radius 3 is 2.49 bits per heavy atom. The van der Waals surface area contributed by atoms with Gasteiger partial charge in [0.15, 0.2) is 0 Å². The third-order valence-corrected chi connectivity index (χ3v) is 9.35. The summed E-state index contributed by atoms with van der Waals surface area (Å²) in [6.07, 6.45) is 6.62. The SMILES string of the molecule is COC1C(OC(=O)CCCOCCOCCNC(=O)CCN[C@H](C=O)Cc2ccccc2)CC[C@]2(CO2)C1[C@]1(C)O[C@@H]1CC=C(C)C. The first-order valence-electron chi connectivity index (χ1n) is 17.0. The lowest BCUT2D eigenvalue weighted by Crippen LogP contribution is -2.55. The van der Waals surface area contributed by atoms with Gasteiger partial charge in [0.2, 0.25) is 5.91 Å². The Hall–Kier alpha value is -2.67. The molecule has 3 unspecified atom stereocenters. The third kappa shape index (κ3) is 11.2. The van der Waals surface area contributed by atoms with Gasteiger partial charge in [-0.2, -0.15) is 0 Å². The topological polar surface area (TPSA) is 137 Å². The molecule has 4 rings (SSSR count). The number of methoxy groups -OCH3 is 1. The van der Waals surface area contributed by atoms with E-state index in [2.05, 4.69) is 37.5 Å². The fourth-order valence-electron chi connectivity index (χ4n) is 6.70. The highest BCUT2D eigenvalue weighted by Crippen LogP contribution is 2.59. The smallest absolute Gasteiger partial charge is 0.306 e. The van der Waals surface area contributed by atoms with Gasteiger partial charge in [-0.3, -0.25) is 9.59 Å². The number of amides is 1. The molecular weight excluding hydrogens is 604 g/mol. The highest BCUT2D eigenvalue weighted by atomic mass is 16.6. The molecule has 47 heavy (non-hydrogen) atoms. The normalized spacial score (nSPS) is 28.3. The first-order valence-corrected chi connectivity index (χ1v) is 17.0.